The van der Waals surface area contributed by atoms with Gasteiger partial charge >= 0.3 is 0 Å². The minimum absolute atomic E-state index is 0.329. The summed E-state index contributed by atoms with van der Waals surface area (Å²) in [6, 6.07) is 0. The van der Waals surface area contributed by atoms with Gasteiger partial charge in [-0.05, 0) is 60.2 Å². The van der Waals surface area contributed by atoms with E-state index in [0.717, 1.165) is 12.3 Å². The Morgan fingerprint density at radius 2 is 2.00 bits per heavy atom. The van der Waals surface area contributed by atoms with E-state index < -0.39 is 0 Å². The summed E-state index contributed by atoms with van der Waals surface area (Å²) in [5.74, 6) is 1.99. The maximum absolute atomic E-state index is 9.83. The van der Waals surface area contributed by atoms with E-state index in [1.165, 1.54) is 25.7 Å². The first-order valence-corrected chi connectivity index (χ1v) is 8.61. The molecule has 1 nitrogen and oxygen atoms in total. The van der Waals surface area contributed by atoms with Gasteiger partial charge in [0.05, 0.1) is 0 Å². The molecule has 1 unspecified atom stereocenters. The first-order valence-electron chi connectivity index (χ1n) is 8.61. The summed E-state index contributed by atoms with van der Waals surface area (Å²) in [7, 11) is 0. The largest absolute Gasteiger partial charge is 0.396 e. The van der Waals surface area contributed by atoms with E-state index >= 15 is 0 Å². The molecule has 3 aliphatic carbocycles. The van der Waals surface area contributed by atoms with Crippen LogP contribution in [0, 0.1) is 34.0 Å². The van der Waals surface area contributed by atoms with Gasteiger partial charge in [-0.2, -0.15) is 0 Å². The fourth-order valence-electron chi connectivity index (χ4n) is 6.24. The van der Waals surface area contributed by atoms with E-state index in [0.29, 0.717) is 34.7 Å². The number of rotatable bonds is 3. The molecule has 0 saturated heterocycles. The SMILES string of the molecule is CCC(CO)C1=CCC(C)(C)[C@@]23CC[C@@H](C2)C(C)(C)[C@@H]13. The monoisotopic (exact) mass is 276 g/mol. The summed E-state index contributed by atoms with van der Waals surface area (Å²) in [5.41, 5.74) is 2.97. The van der Waals surface area contributed by atoms with Crippen LogP contribution in [0.5, 0.6) is 0 Å². The predicted molar refractivity (Wildman–Crippen MR) is 84.4 cm³/mol. The zero-order valence-corrected chi connectivity index (χ0v) is 14.0. The molecule has 0 aromatic carbocycles. The van der Waals surface area contributed by atoms with Gasteiger partial charge in [0.1, 0.15) is 0 Å². The van der Waals surface area contributed by atoms with Gasteiger partial charge in [0.2, 0.25) is 0 Å². The molecule has 2 saturated carbocycles. The molecule has 0 aromatic heterocycles. The highest BCUT2D eigenvalue weighted by Gasteiger charge is 2.68. The van der Waals surface area contributed by atoms with Gasteiger partial charge in [-0.25, -0.2) is 0 Å². The average molecular weight is 276 g/mol. The molecule has 1 spiro atoms. The lowest BCUT2D eigenvalue weighted by Crippen LogP contribution is -2.49. The van der Waals surface area contributed by atoms with Crippen molar-refractivity contribution < 1.29 is 5.11 Å². The molecule has 1 N–H and O–H groups in total. The van der Waals surface area contributed by atoms with E-state index in [4.69, 9.17) is 0 Å². The summed E-state index contributed by atoms with van der Waals surface area (Å²) in [6.45, 7) is 12.6. The third-order valence-corrected chi connectivity index (χ3v) is 7.61. The Morgan fingerprint density at radius 1 is 1.30 bits per heavy atom. The lowest BCUT2D eigenvalue weighted by Gasteiger charge is -2.56. The molecule has 0 heterocycles. The van der Waals surface area contributed by atoms with Crippen LogP contribution in [0.2, 0.25) is 0 Å². The van der Waals surface area contributed by atoms with Crippen LogP contribution < -0.4 is 0 Å². The van der Waals surface area contributed by atoms with Gasteiger partial charge in [0, 0.05) is 12.5 Å². The van der Waals surface area contributed by atoms with Crippen molar-refractivity contribution >= 4 is 0 Å². The van der Waals surface area contributed by atoms with Gasteiger partial charge in [-0.15, -0.1) is 0 Å². The Balaban J connectivity index is 2.10. The quantitative estimate of drug-likeness (QED) is 0.734. The normalized spacial score (nSPS) is 42.2. The van der Waals surface area contributed by atoms with Crippen LogP contribution in [-0.2, 0) is 0 Å². The summed E-state index contributed by atoms with van der Waals surface area (Å²) in [4.78, 5) is 0. The Bertz CT molecular complexity index is 427. The number of fused-ring (bicyclic) bond motifs is 1. The molecule has 4 atom stereocenters. The van der Waals surface area contributed by atoms with Crippen LogP contribution in [0.3, 0.4) is 0 Å². The van der Waals surface area contributed by atoms with E-state index in [-0.39, 0.29) is 0 Å². The van der Waals surface area contributed by atoms with Crippen molar-refractivity contribution in [2.24, 2.45) is 34.0 Å². The number of hydrogen-bond acceptors (Lipinski definition) is 1. The predicted octanol–water partition coefficient (Wildman–Crippen LogP) is 4.80. The fraction of sp³-hybridized carbons (Fsp3) is 0.895. The third kappa shape index (κ3) is 1.59. The van der Waals surface area contributed by atoms with Crippen LogP contribution in [0.4, 0.5) is 0 Å². The zero-order chi connectivity index (χ0) is 14.8. The molecule has 2 fully saturated rings. The molecule has 0 amide bonds. The second-order valence-corrected chi connectivity index (χ2v) is 8.93. The van der Waals surface area contributed by atoms with Gasteiger partial charge < -0.3 is 5.11 Å². The van der Waals surface area contributed by atoms with Gasteiger partial charge in [0.15, 0.2) is 0 Å². The first kappa shape index (κ1) is 14.6. The van der Waals surface area contributed by atoms with Crippen molar-refractivity contribution in [3.8, 4) is 0 Å². The third-order valence-electron chi connectivity index (χ3n) is 7.61. The number of aliphatic hydroxyl groups excluding tert-OH is 1. The summed E-state index contributed by atoms with van der Waals surface area (Å²) < 4.78 is 0. The van der Waals surface area contributed by atoms with Crippen LogP contribution in [0.1, 0.15) is 66.7 Å². The minimum Gasteiger partial charge on any atom is -0.396 e. The van der Waals surface area contributed by atoms with Crippen LogP contribution in [-0.4, -0.2) is 11.7 Å². The van der Waals surface area contributed by atoms with Crippen molar-refractivity contribution in [1.82, 2.24) is 0 Å². The second kappa shape index (κ2) is 4.35. The lowest BCUT2D eigenvalue weighted by atomic mass is 9.48. The molecule has 0 radical (unpaired) electrons. The molecule has 0 aliphatic heterocycles. The van der Waals surface area contributed by atoms with Crippen molar-refractivity contribution in [3.63, 3.8) is 0 Å². The smallest absolute Gasteiger partial charge is 0.0496 e. The molecular weight excluding hydrogens is 244 g/mol. The van der Waals surface area contributed by atoms with Crippen molar-refractivity contribution in [1.29, 1.82) is 0 Å². The maximum atomic E-state index is 9.83. The molecule has 3 rings (SSSR count). The lowest BCUT2D eigenvalue weighted by molar-refractivity contribution is -0.0230. The standard InChI is InChI=1S/C19H32O/c1-6-13(12-20)15-8-9-17(2,3)19-10-7-14(11-19)18(4,5)16(15)19/h8,13-14,16,20H,6-7,9-12H2,1-5H3/t13?,14-,16+,19-/m0/s1. The first-order chi connectivity index (χ1) is 9.30. The highest BCUT2D eigenvalue weighted by atomic mass is 16.3. The van der Waals surface area contributed by atoms with Gasteiger partial charge in [-0.3, -0.25) is 0 Å². The van der Waals surface area contributed by atoms with E-state index in [9.17, 15) is 5.11 Å². The van der Waals surface area contributed by atoms with Crippen molar-refractivity contribution in [2.45, 2.75) is 66.7 Å². The summed E-state index contributed by atoms with van der Waals surface area (Å²) >= 11 is 0. The van der Waals surface area contributed by atoms with Gasteiger partial charge in [0.25, 0.3) is 0 Å². The second-order valence-electron chi connectivity index (χ2n) is 8.93. The molecule has 1 heteroatoms. The Morgan fingerprint density at radius 3 is 2.60 bits per heavy atom. The minimum atomic E-state index is 0.329. The van der Waals surface area contributed by atoms with E-state index in [2.05, 4.69) is 40.7 Å². The molecule has 114 valence electrons. The Hall–Kier alpha value is -0.300. The number of aliphatic hydroxyl groups is 1. The number of allylic oxidation sites excluding steroid dienone is 1. The van der Waals surface area contributed by atoms with E-state index in [1.807, 2.05) is 0 Å². The van der Waals surface area contributed by atoms with Crippen LogP contribution in [0.15, 0.2) is 11.6 Å². The molecule has 2 bridgehead atoms. The maximum Gasteiger partial charge on any atom is 0.0496 e. The Labute approximate surface area is 124 Å². The van der Waals surface area contributed by atoms with Crippen molar-refractivity contribution in [2.75, 3.05) is 6.61 Å². The highest BCUT2D eigenvalue weighted by molar-refractivity contribution is 5.31. The molecule has 20 heavy (non-hydrogen) atoms. The number of hydrogen-bond donors (Lipinski definition) is 1. The van der Waals surface area contributed by atoms with Crippen LogP contribution >= 0.6 is 0 Å². The van der Waals surface area contributed by atoms with Crippen LogP contribution in [0.25, 0.3) is 0 Å². The van der Waals surface area contributed by atoms with Crippen molar-refractivity contribution in [3.05, 3.63) is 11.6 Å². The Kier molecular flexibility index (Phi) is 3.18. The van der Waals surface area contributed by atoms with Gasteiger partial charge in [-0.1, -0.05) is 46.3 Å². The topological polar surface area (TPSA) is 20.2 Å². The van der Waals surface area contributed by atoms with E-state index in [1.54, 1.807) is 5.57 Å². The highest BCUT2D eigenvalue weighted by Crippen LogP contribution is 2.76. The fourth-order valence-corrected chi connectivity index (χ4v) is 6.24. The summed E-state index contributed by atoms with van der Waals surface area (Å²) in [5, 5.41) is 9.83. The zero-order valence-electron chi connectivity index (χ0n) is 14.0. The molecule has 3 aliphatic rings. The summed E-state index contributed by atoms with van der Waals surface area (Å²) in [6.07, 6.45) is 9.07. The molecular formula is C19H32O. The molecule has 0 aromatic rings. The average Bonchev–Trinajstić information content (AvgIpc) is 2.90.